The number of hydrogen-bond donors (Lipinski definition) is 0. The maximum atomic E-state index is 6.25. The number of benzene rings is 3. The third-order valence-corrected chi connectivity index (χ3v) is 6.40. The van der Waals surface area contributed by atoms with Crippen molar-refractivity contribution in [3.8, 4) is 11.5 Å². The van der Waals surface area contributed by atoms with Crippen molar-refractivity contribution in [3.63, 3.8) is 0 Å². The lowest BCUT2D eigenvalue weighted by Crippen LogP contribution is -2.13. The Labute approximate surface area is 140 Å². The zero-order valence-corrected chi connectivity index (χ0v) is 14.4. The number of ether oxygens (including phenoxy) is 1. The SMILES string of the molecule is Cc1cccc([S+]2c3cc(C)ccc3Oc3c(C)cccc32)c1. The van der Waals surface area contributed by atoms with Gasteiger partial charge in [0.25, 0.3) is 0 Å². The summed E-state index contributed by atoms with van der Waals surface area (Å²) in [5.41, 5.74) is 3.76. The monoisotopic (exact) mass is 319 g/mol. The van der Waals surface area contributed by atoms with E-state index in [1.165, 1.54) is 31.4 Å². The first-order valence-corrected chi connectivity index (χ1v) is 9.05. The highest BCUT2D eigenvalue weighted by Crippen LogP contribution is 2.48. The van der Waals surface area contributed by atoms with E-state index in [4.69, 9.17) is 4.74 Å². The zero-order chi connectivity index (χ0) is 16.0. The minimum Gasteiger partial charge on any atom is -0.446 e. The number of para-hydroxylation sites is 1. The average Bonchev–Trinajstić information content (AvgIpc) is 2.53. The Morgan fingerprint density at radius 2 is 1.52 bits per heavy atom. The molecule has 1 nitrogen and oxygen atoms in total. The van der Waals surface area contributed by atoms with Crippen LogP contribution in [-0.4, -0.2) is 0 Å². The Morgan fingerprint density at radius 3 is 2.35 bits per heavy atom. The zero-order valence-electron chi connectivity index (χ0n) is 13.6. The van der Waals surface area contributed by atoms with E-state index in [0.29, 0.717) is 0 Å². The highest BCUT2D eigenvalue weighted by atomic mass is 32.2. The molecular weight excluding hydrogens is 300 g/mol. The van der Waals surface area contributed by atoms with Crippen LogP contribution in [0.4, 0.5) is 0 Å². The van der Waals surface area contributed by atoms with Gasteiger partial charge >= 0.3 is 0 Å². The molecular formula is C21H19OS+. The van der Waals surface area contributed by atoms with E-state index in [1.54, 1.807) is 0 Å². The van der Waals surface area contributed by atoms with E-state index >= 15 is 0 Å². The van der Waals surface area contributed by atoms with Crippen molar-refractivity contribution in [2.45, 2.75) is 35.5 Å². The van der Waals surface area contributed by atoms with E-state index in [2.05, 4.69) is 81.4 Å². The third-order valence-electron chi connectivity index (χ3n) is 4.15. The summed E-state index contributed by atoms with van der Waals surface area (Å²) in [6, 6.07) is 21.8. The Hall–Kier alpha value is -2.19. The first-order chi connectivity index (χ1) is 11.1. The van der Waals surface area contributed by atoms with E-state index in [0.717, 1.165) is 11.5 Å². The van der Waals surface area contributed by atoms with Crippen LogP contribution in [-0.2, 0) is 10.9 Å². The molecule has 1 heterocycles. The van der Waals surface area contributed by atoms with Crippen LogP contribution >= 0.6 is 0 Å². The van der Waals surface area contributed by atoms with Crippen LogP contribution in [0.2, 0.25) is 0 Å². The van der Waals surface area contributed by atoms with Crippen molar-refractivity contribution in [1.82, 2.24) is 0 Å². The molecule has 23 heavy (non-hydrogen) atoms. The highest BCUT2D eigenvalue weighted by Gasteiger charge is 2.40. The van der Waals surface area contributed by atoms with Gasteiger partial charge in [0.05, 0.1) is 0 Å². The molecule has 0 bridgehead atoms. The number of hydrogen-bond acceptors (Lipinski definition) is 1. The molecule has 0 radical (unpaired) electrons. The van der Waals surface area contributed by atoms with Crippen LogP contribution < -0.4 is 4.74 Å². The van der Waals surface area contributed by atoms with Gasteiger partial charge in [-0.05, 0) is 61.7 Å². The molecule has 1 atom stereocenters. The predicted molar refractivity (Wildman–Crippen MR) is 95.8 cm³/mol. The molecule has 3 aromatic rings. The molecule has 2 heteroatoms. The van der Waals surface area contributed by atoms with Crippen molar-refractivity contribution in [2.24, 2.45) is 0 Å². The van der Waals surface area contributed by atoms with Crippen LogP contribution in [0.25, 0.3) is 0 Å². The van der Waals surface area contributed by atoms with E-state index in [9.17, 15) is 0 Å². The summed E-state index contributed by atoms with van der Waals surface area (Å²) < 4.78 is 6.25. The summed E-state index contributed by atoms with van der Waals surface area (Å²) >= 11 is 0. The first kappa shape index (κ1) is 14.4. The topological polar surface area (TPSA) is 9.23 Å². The molecule has 1 unspecified atom stereocenters. The quantitative estimate of drug-likeness (QED) is 0.402. The molecule has 1 aliphatic rings. The average molecular weight is 319 g/mol. The van der Waals surface area contributed by atoms with Gasteiger partial charge in [0, 0.05) is 6.07 Å². The Morgan fingerprint density at radius 1 is 0.739 bits per heavy atom. The second-order valence-corrected chi connectivity index (χ2v) is 8.04. The maximum absolute atomic E-state index is 6.25. The van der Waals surface area contributed by atoms with Gasteiger partial charge in [0.1, 0.15) is 10.9 Å². The lowest BCUT2D eigenvalue weighted by atomic mass is 10.2. The maximum Gasteiger partial charge on any atom is 0.209 e. The Balaban J connectivity index is 2.01. The molecule has 0 N–H and O–H groups in total. The van der Waals surface area contributed by atoms with Gasteiger partial charge in [-0.25, -0.2) is 0 Å². The van der Waals surface area contributed by atoms with Crippen LogP contribution in [0.1, 0.15) is 16.7 Å². The lowest BCUT2D eigenvalue weighted by molar-refractivity contribution is 0.449. The summed E-state index contributed by atoms with van der Waals surface area (Å²) in [6.45, 7) is 6.42. The van der Waals surface area contributed by atoms with Crippen LogP contribution in [0.3, 0.4) is 0 Å². The molecule has 114 valence electrons. The van der Waals surface area contributed by atoms with Gasteiger partial charge in [-0.15, -0.1) is 0 Å². The van der Waals surface area contributed by atoms with Gasteiger partial charge < -0.3 is 4.74 Å². The highest BCUT2D eigenvalue weighted by molar-refractivity contribution is 7.97. The van der Waals surface area contributed by atoms with Gasteiger partial charge in [-0.1, -0.05) is 30.3 Å². The molecule has 1 aliphatic heterocycles. The standard InChI is InChI=1S/C21H19OS/c1-14-6-4-8-17(12-14)23-19-9-5-7-16(3)21(19)22-18-11-10-15(2)13-20(18)23/h4-13H,1-3H3/q+1. The summed E-state index contributed by atoms with van der Waals surface area (Å²) in [5, 5.41) is 0. The largest absolute Gasteiger partial charge is 0.446 e. The van der Waals surface area contributed by atoms with Crippen molar-refractivity contribution >= 4 is 10.9 Å². The molecule has 3 aromatic carbocycles. The Bertz CT molecular complexity index is 896. The van der Waals surface area contributed by atoms with Crippen LogP contribution in [0.5, 0.6) is 11.5 Å². The normalized spacial score (nSPS) is 15.5. The van der Waals surface area contributed by atoms with Crippen molar-refractivity contribution < 1.29 is 4.74 Å². The molecule has 0 aromatic heterocycles. The number of aryl methyl sites for hydroxylation is 3. The third kappa shape index (κ3) is 2.43. The van der Waals surface area contributed by atoms with E-state index in [-0.39, 0.29) is 10.9 Å². The molecule has 0 saturated carbocycles. The molecule has 0 aliphatic carbocycles. The van der Waals surface area contributed by atoms with Crippen molar-refractivity contribution in [3.05, 3.63) is 77.4 Å². The lowest BCUT2D eigenvalue weighted by Gasteiger charge is -2.21. The summed E-state index contributed by atoms with van der Waals surface area (Å²) in [5.74, 6) is 2.01. The predicted octanol–water partition coefficient (Wildman–Crippen LogP) is 5.81. The van der Waals surface area contributed by atoms with Crippen molar-refractivity contribution in [1.29, 1.82) is 0 Å². The smallest absolute Gasteiger partial charge is 0.209 e. The fourth-order valence-electron chi connectivity index (χ4n) is 3.00. The van der Waals surface area contributed by atoms with Crippen molar-refractivity contribution in [2.75, 3.05) is 0 Å². The van der Waals surface area contributed by atoms with Crippen LogP contribution in [0.15, 0.2) is 75.4 Å². The van der Waals surface area contributed by atoms with Gasteiger partial charge in [0.2, 0.25) is 9.79 Å². The molecule has 4 rings (SSSR count). The fourth-order valence-corrected chi connectivity index (χ4v) is 5.48. The molecule has 0 fully saturated rings. The number of fused-ring (bicyclic) bond motifs is 2. The summed E-state index contributed by atoms with van der Waals surface area (Å²) in [7, 11) is -0.114. The summed E-state index contributed by atoms with van der Waals surface area (Å²) in [6.07, 6.45) is 0. The molecule has 0 amide bonds. The van der Waals surface area contributed by atoms with E-state index in [1.807, 2.05) is 0 Å². The Kier molecular flexibility index (Phi) is 3.42. The molecule has 0 saturated heterocycles. The second kappa shape index (κ2) is 5.47. The van der Waals surface area contributed by atoms with Gasteiger partial charge in [0.15, 0.2) is 16.4 Å². The minimum atomic E-state index is -0.114. The number of rotatable bonds is 1. The summed E-state index contributed by atoms with van der Waals surface area (Å²) in [4.78, 5) is 3.93. The first-order valence-electron chi connectivity index (χ1n) is 7.82. The second-order valence-electron chi connectivity index (χ2n) is 6.08. The molecule has 0 spiro atoms. The van der Waals surface area contributed by atoms with E-state index < -0.39 is 0 Å². The van der Waals surface area contributed by atoms with Gasteiger partial charge in [-0.3, -0.25) is 0 Å². The van der Waals surface area contributed by atoms with Crippen LogP contribution in [0, 0.1) is 20.8 Å². The fraction of sp³-hybridized carbons (Fsp3) is 0.143. The minimum absolute atomic E-state index is 0.114. The van der Waals surface area contributed by atoms with Gasteiger partial charge in [-0.2, -0.15) is 0 Å².